The predicted octanol–water partition coefficient (Wildman–Crippen LogP) is 4.23. The first-order valence-corrected chi connectivity index (χ1v) is 7.54. The zero-order chi connectivity index (χ0) is 18.5. The van der Waals surface area contributed by atoms with E-state index >= 15 is 0 Å². The number of aromatic nitrogens is 1. The lowest BCUT2D eigenvalue weighted by atomic mass is 10.2. The fourth-order valence-corrected chi connectivity index (χ4v) is 2.21. The highest BCUT2D eigenvalue weighted by atomic mass is 19.1. The first kappa shape index (κ1) is 17.0. The fourth-order valence-electron chi connectivity index (χ4n) is 2.21. The Morgan fingerprint density at radius 2 is 1.77 bits per heavy atom. The third-order valence-electron chi connectivity index (χ3n) is 3.48. The first-order valence-electron chi connectivity index (χ1n) is 7.54. The Balaban J connectivity index is 1.75. The Labute approximate surface area is 147 Å². The molecule has 0 aliphatic heterocycles. The highest BCUT2D eigenvalue weighted by Crippen LogP contribution is 2.21. The number of nitrogens with one attached hydrogen (secondary N) is 2. The maximum absolute atomic E-state index is 13.7. The zero-order valence-corrected chi connectivity index (χ0v) is 13.3. The number of benzene rings is 2. The van der Waals surface area contributed by atoms with Crippen molar-refractivity contribution in [3.63, 3.8) is 0 Å². The van der Waals surface area contributed by atoms with Crippen molar-refractivity contribution in [1.82, 2.24) is 4.98 Å². The van der Waals surface area contributed by atoms with Gasteiger partial charge in [-0.15, -0.1) is 0 Å². The van der Waals surface area contributed by atoms with Gasteiger partial charge < -0.3 is 10.6 Å². The maximum Gasteiger partial charge on any atom is 0.257 e. The van der Waals surface area contributed by atoms with E-state index in [0.29, 0.717) is 16.9 Å². The number of anilines is 3. The molecule has 0 aliphatic rings. The molecule has 7 heteroatoms. The molecule has 1 heterocycles. The van der Waals surface area contributed by atoms with Crippen LogP contribution in [0.2, 0.25) is 0 Å². The van der Waals surface area contributed by atoms with E-state index in [0.717, 1.165) is 12.1 Å². The summed E-state index contributed by atoms with van der Waals surface area (Å²) in [5, 5.41) is 14.2. The molecule has 3 rings (SSSR count). The molecule has 128 valence electrons. The highest BCUT2D eigenvalue weighted by Gasteiger charge is 2.09. The van der Waals surface area contributed by atoms with E-state index in [1.165, 1.54) is 24.5 Å². The molecule has 0 aliphatic carbocycles. The summed E-state index contributed by atoms with van der Waals surface area (Å²) >= 11 is 0. The average molecular weight is 350 g/mol. The third kappa shape index (κ3) is 3.99. The van der Waals surface area contributed by atoms with Crippen LogP contribution in [-0.2, 0) is 0 Å². The number of halogens is 2. The van der Waals surface area contributed by atoms with Crippen LogP contribution in [0.4, 0.5) is 25.8 Å². The molecule has 2 aromatic carbocycles. The van der Waals surface area contributed by atoms with E-state index in [4.69, 9.17) is 5.26 Å². The van der Waals surface area contributed by atoms with Crippen LogP contribution < -0.4 is 10.6 Å². The molecule has 0 radical (unpaired) electrons. The smallest absolute Gasteiger partial charge is 0.257 e. The Hall–Kier alpha value is -3.79. The van der Waals surface area contributed by atoms with Crippen LogP contribution in [0.1, 0.15) is 15.9 Å². The number of pyridine rings is 1. The van der Waals surface area contributed by atoms with E-state index in [1.54, 1.807) is 24.3 Å². The number of carbonyl (C=O) groups is 1. The Morgan fingerprint density at radius 3 is 2.46 bits per heavy atom. The van der Waals surface area contributed by atoms with Gasteiger partial charge in [0.15, 0.2) is 0 Å². The maximum atomic E-state index is 13.7. The Bertz CT molecular complexity index is 997. The molecule has 0 saturated heterocycles. The van der Waals surface area contributed by atoms with E-state index in [1.807, 2.05) is 6.07 Å². The number of nitrogens with zero attached hydrogens (tertiary/aromatic N) is 2. The number of amides is 1. The van der Waals surface area contributed by atoms with Crippen LogP contribution in [0.25, 0.3) is 0 Å². The molecule has 0 bridgehead atoms. The zero-order valence-electron chi connectivity index (χ0n) is 13.3. The summed E-state index contributed by atoms with van der Waals surface area (Å²) in [4.78, 5) is 16.3. The quantitative estimate of drug-likeness (QED) is 0.738. The van der Waals surface area contributed by atoms with E-state index < -0.39 is 17.5 Å². The fraction of sp³-hybridized carbons (Fsp3) is 0. The summed E-state index contributed by atoms with van der Waals surface area (Å²) in [5.41, 5.74) is 1.71. The molecule has 0 saturated carbocycles. The van der Waals surface area contributed by atoms with E-state index in [2.05, 4.69) is 15.6 Å². The minimum absolute atomic E-state index is 0.0675. The molecular weight excluding hydrogens is 338 g/mol. The normalized spacial score (nSPS) is 10.0. The third-order valence-corrected chi connectivity index (χ3v) is 3.48. The van der Waals surface area contributed by atoms with Crippen LogP contribution in [0.5, 0.6) is 0 Å². The van der Waals surface area contributed by atoms with Crippen molar-refractivity contribution in [1.29, 1.82) is 5.26 Å². The molecule has 5 nitrogen and oxygen atoms in total. The monoisotopic (exact) mass is 350 g/mol. The highest BCUT2D eigenvalue weighted by molar-refractivity contribution is 6.04. The van der Waals surface area contributed by atoms with Gasteiger partial charge in [-0.25, -0.2) is 8.78 Å². The van der Waals surface area contributed by atoms with Crippen molar-refractivity contribution in [2.45, 2.75) is 0 Å². The number of carbonyl (C=O) groups excluding carboxylic acids is 1. The molecule has 0 unspecified atom stereocenters. The van der Waals surface area contributed by atoms with E-state index in [9.17, 15) is 13.6 Å². The summed E-state index contributed by atoms with van der Waals surface area (Å²) in [6, 6.07) is 13.0. The van der Waals surface area contributed by atoms with Gasteiger partial charge in [0, 0.05) is 18.0 Å². The van der Waals surface area contributed by atoms with Crippen LogP contribution in [0, 0.1) is 23.0 Å². The van der Waals surface area contributed by atoms with Crippen LogP contribution in [0.15, 0.2) is 60.9 Å². The Kier molecular flexibility index (Phi) is 4.85. The SMILES string of the molecule is N#Cc1ccc(NC(=O)c2cncc(Nc3ccc(F)cc3F)c2)cc1. The lowest BCUT2D eigenvalue weighted by Crippen LogP contribution is -2.12. The summed E-state index contributed by atoms with van der Waals surface area (Å²) in [6.07, 6.45) is 2.78. The van der Waals surface area contributed by atoms with Gasteiger partial charge >= 0.3 is 0 Å². The van der Waals surface area contributed by atoms with Gasteiger partial charge in [-0.1, -0.05) is 0 Å². The van der Waals surface area contributed by atoms with Crippen LogP contribution in [-0.4, -0.2) is 10.9 Å². The van der Waals surface area contributed by atoms with Crippen molar-refractivity contribution in [2.24, 2.45) is 0 Å². The minimum atomic E-state index is -0.752. The number of nitriles is 1. The van der Waals surface area contributed by atoms with Crippen molar-refractivity contribution < 1.29 is 13.6 Å². The van der Waals surface area contributed by atoms with Gasteiger partial charge in [0.2, 0.25) is 0 Å². The lowest BCUT2D eigenvalue weighted by Gasteiger charge is -2.09. The van der Waals surface area contributed by atoms with Gasteiger partial charge in [-0.05, 0) is 42.5 Å². The predicted molar refractivity (Wildman–Crippen MR) is 93.0 cm³/mol. The van der Waals surface area contributed by atoms with Crippen LogP contribution >= 0.6 is 0 Å². The van der Waals surface area contributed by atoms with Gasteiger partial charge in [-0.2, -0.15) is 5.26 Å². The second-order valence-electron chi connectivity index (χ2n) is 5.35. The first-order chi connectivity index (χ1) is 12.5. The summed E-state index contributed by atoms with van der Waals surface area (Å²) in [7, 11) is 0. The second kappa shape index (κ2) is 7.40. The molecule has 0 fully saturated rings. The minimum Gasteiger partial charge on any atom is -0.352 e. The number of rotatable bonds is 4. The van der Waals surface area contributed by atoms with E-state index in [-0.39, 0.29) is 11.3 Å². The van der Waals surface area contributed by atoms with Gasteiger partial charge in [0.25, 0.3) is 5.91 Å². The van der Waals surface area contributed by atoms with Crippen molar-refractivity contribution in [3.8, 4) is 6.07 Å². The molecule has 0 spiro atoms. The summed E-state index contributed by atoms with van der Waals surface area (Å²) in [6.45, 7) is 0. The molecule has 1 aromatic heterocycles. The topological polar surface area (TPSA) is 77.8 Å². The molecule has 0 atom stereocenters. The van der Waals surface area contributed by atoms with Gasteiger partial charge in [-0.3, -0.25) is 9.78 Å². The standard InChI is InChI=1S/C19H12F2N4O/c20-14-3-6-18(17(21)8-14)24-16-7-13(10-23-11-16)19(26)25-15-4-1-12(9-22)2-5-15/h1-8,10-11,24H,(H,25,26). The van der Waals surface area contributed by atoms with Gasteiger partial charge in [0.05, 0.1) is 34.8 Å². The molecule has 2 N–H and O–H groups in total. The number of hydrogen-bond donors (Lipinski definition) is 2. The van der Waals surface area contributed by atoms with Crippen molar-refractivity contribution in [2.75, 3.05) is 10.6 Å². The largest absolute Gasteiger partial charge is 0.352 e. The molecule has 1 amide bonds. The molecule has 26 heavy (non-hydrogen) atoms. The second-order valence-corrected chi connectivity index (χ2v) is 5.35. The Morgan fingerprint density at radius 1 is 1.00 bits per heavy atom. The van der Waals surface area contributed by atoms with Crippen molar-refractivity contribution in [3.05, 3.63) is 83.7 Å². The summed E-state index contributed by atoms with van der Waals surface area (Å²) in [5.74, 6) is -1.84. The van der Waals surface area contributed by atoms with Gasteiger partial charge in [0.1, 0.15) is 11.6 Å². The molecular formula is C19H12F2N4O. The average Bonchev–Trinajstić information content (AvgIpc) is 2.65. The lowest BCUT2D eigenvalue weighted by molar-refractivity contribution is 0.102. The number of hydrogen-bond acceptors (Lipinski definition) is 4. The van der Waals surface area contributed by atoms with Crippen molar-refractivity contribution >= 4 is 23.0 Å². The van der Waals surface area contributed by atoms with Crippen LogP contribution in [0.3, 0.4) is 0 Å². The summed E-state index contributed by atoms with van der Waals surface area (Å²) < 4.78 is 26.7. The molecule has 3 aromatic rings.